The Morgan fingerprint density at radius 1 is 1.00 bits per heavy atom. The molecule has 2 N–H and O–H groups in total. The lowest BCUT2D eigenvalue weighted by Crippen LogP contribution is -2.48. The normalized spacial score (nSPS) is 21.8. The van der Waals surface area contributed by atoms with Crippen LogP contribution in [0.2, 0.25) is 0 Å². The number of ketones is 1. The molecule has 2 saturated heterocycles. The second-order valence-electron chi connectivity index (χ2n) is 10.3. The molecule has 0 bridgehead atoms. The number of carbonyl (C=O) groups is 3. The lowest BCUT2D eigenvalue weighted by atomic mass is 9.99. The predicted molar refractivity (Wildman–Crippen MR) is 142 cm³/mol. The summed E-state index contributed by atoms with van der Waals surface area (Å²) in [5.74, 6) is 0.308. The molecule has 2 amide bonds. The minimum Gasteiger partial charge on any atom is -0.372 e. The summed E-state index contributed by atoms with van der Waals surface area (Å²) in [5, 5.41) is 5.80. The van der Waals surface area contributed by atoms with Gasteiger partial charge >= 0.3 is 0 Å². The van der Waals surface area contributed by atoms with Crippen LogP contribution in [0.25, 0.3) is 0 Å². The number of hydrogen-bond donors (Lipinski definition) is 2. The van der Waals surface area contributed by atoms with Crippen molar-refractivity contribution >= 4 is 23.3 Å². The average Bonchev–Trinajstić information content (AvgIpc) is 3.31. The van der Waals surface area contributed by atoms with Crippen molar-refractivity contribution in [1.82, 2.24) is 15.1 Å². The number of nitrogens with zero attached hydrogens (tertiary/aromatic N) is 2. The molecule has 1 aromatic carbocycles. The molecule has 8 nitrogen and oxygen atoms in total. The van der Waals surface area contributed by atoms with Crippen molar-refractivity contribution in [3.8, 4) is 0 Å². The lowest BCUT2D eigenvalue weighted by molar-refractivity contribution is -0.123. The Balaban J connectivity index is 1.27. The van der Waals surface area contributed by atoms with Gasteiger partial charge in [0.1, 0.15) is 5.78 Å². The van der Waals surface area contributed by atoms with E-state index in [0.29, 0.717) is 25.8 Å². The van der Waals surface area contributed by atoms with Crippen LogP contribution in [0.1, 0.15) is 64.9 Å². The third-order valence-corrected chi connectivity index (χ3v) is 7.32. The third kappa shape index (κ3) is 9.64. The largest absolute Gasteiger partial charge is 0.372 e. The second-order valence-corrected chi connectivity index (χ2v) is 10.3. The Morgan fingerprint density at radius 3 is 2.33 bits per heavy atom. The van der Waals surface area contributed by atoms with Gasteiger partial charge in [-0.1, -0.05) is 26.0 Å². The van der Waals surface area contributed by atoms with Crippen LogP contribution in [0.15, 0.2) is 24.3 Å². The van der Waals surface area contributed by atoms with Crippen LogP contribution in [0.5, 0.6) is 0 Å². The Labute approximate surface area is 216 Å². The first-order chi connectivity index (χ1) is 17.3. The van der Waals surface area contributed by atoms with E-state index in [0.717, 1.165) is 64.2 Å². The van der Waals surface area contributed by atoms with E-state index in [4.69, 9.17) is 4.74 Å². The van der Waals surface area contributed by atoms with Gasteiger partial charge in [-0.05, 0) is 43.4 Å². The van der Waals surface area contributed by atoms with E-state index in [1.807, 2.05) is 26.0 Å². The van der Waals surface area contributed by atoms with Gasteiger partial charge in [0.15, 0.2) is 0 Å². The summed E-state index contributed by atoms with van der Waals surface area (Å²) < 4.78 is 6.21. The smallest absolute Gasteiger partial charge is 0.221 e. The highest BCUT2D eigenvalue weighted by molar-refractivity contribution is 5.88. The molecule has 0 radical (unpaired) electrons. The first-order valence-electron chi connectivity index (χ1n) is 13.6. The molecule has 3 rings (SSSR count). The van der Waals surface area contributed by atoms with Crippen LogP contribution in [-0.2, 0) is 25.7 Å². The Bertz CT molecular complexity index is 852. The van der Waals surface area contributed by atoms with E-state index < -0.39 is 0 Å². The second kappa shape index (κ2) is 14.4. The number of nitrogens with one attached hydrogen (secondary N) is 2. The highest BCUT2D eigenvalue weighted by Gasteiger charge is 2.28. The maximum atomic E-state index is 12.1. The summed E-state index contributed by atoms with van der Waals surface area (Å²) in [5.41, 5.74) is 2.09. The molecule has 8 heteroatoms. The SMILES string of the molecule is CCC(C)C(=O)CCCC(=O)NCC1CCC(CN2CCN(Cc3ccc(NC(C)=O)cc3)CC2)O1. The molecule has 36 heavy (non-hydrogen) atoms. The maximum absolute atomic E-state index is 12.1. The summed E-state index contributed by atoms with van der Waals surface area (Å²) in [6.07, 6.45) is 4.70. The third-order valence-electron chi connectivity index (χ3n) is 7.32. The zero-order valence-electron chi connectivity index (χ0n) is 22.3. The van der Waals surface area contributed by atoms with Crippen LogP contribution in [0.4, 0.5) is 5.69 Å². The Hall–Kier alpha value is -2.29. The topological polar surface area (TPSA) is 91.0 Å². The molecule has 1 aromatic rings. The van der Waals surface area contributed by atoms with Gasteiger partial charge < -0.3 is 15.4 Å². The number of amides is 2. The fourth-order valence-electron chi connectivity index (χ4n) is 4.85. The number of piperazine rings is 1. The van der Waals surface area contributed by atoms with Gasteiger partial charge in [-0.15, -0.1) is 0 Å². The van der Waals surface area contributed by atoms with Crippen molar-refractivity contribution in [3.05, 3.63) is 29.8 Å². The molecule has 2 aliphatic rings. The average molecular weight is 501 g/mol. The van der Waals surface area contributed by atoms with Crippen molar-refractivity contribution in [3.63, 3.8) is 0 Å². The molecule has 3 unspecified atom stereocenters. The summed E-state index contributed by atoms with van der Waals surface area (Å²) in [6, 6.07) is 8.07. The van der Waals surface area contributed by atoms with Crippen LogP contribution in [0, 0.1) is 5.92 Å². The molecule has 2 heterocycles. The zero-order valence-corrected chi connectivity index (χ0v) is 22.3. The number of Topliss-reactive ketones (excluding diaryl/α,β-unsaturated/α-hetero) is 1. The summed E-state index contributed by atoms with van der Waals surface area (Å²) >= 11 is 0. The molecule has 0 aliphatic carbocycles. The Kier molecular flexibility index (Phi) is 11.4. The lowest BCUT2D eigenvalue weighted by Gasteiger charge is -2.35. The van der Waals surface area contributed by atoms with E-state index in [1.165, 1.54) is 12.5 Å². The maximum Gasteiger partial charge on any atom is 0.221 e. The predicted octanol–water partition coefficient (Wildman–Crippen LogP) is 3.21. The number of benzene rings is 1. The van der Waals surface area contributed by atoms with Crippen molar-refractivity contribution in [1.29, 1.82) is 0 Å². The minimum atomic E-state index is -0.0530. The Morgan fingerprint density at radius 2 is 1.67 bits per heavy atom. The molecule has 0 spiro atoms. The molecule has 200 valence electrons. The van der Waals surface area contributed by atoms with Crippen LogP contribution < -0.4 is 10.6 Å². The fourth-order valence-corrected chi connectivity index (χ4v) is 4.85. The summed E-state index contributed by atoms with van der Waals surface area (Å²) in [4.78, 5) is 40.1. The minimum absolute atomic E-state index is 0.0138. The number of anilines is 1. The van der Waals surface area contributed by atoms with Gasteiger partial charge in [-0.3, -0.25) is 24.2 Å². The van der Waals surface area contributed by atoms with E-state index in [1.54, 1.807) is 0 Å². The fraction of sp³-hybridized carbons (Fsp3) is 0.679. The molecule has 0 saturated carbocycles. The first kappa shape index (κ1) is 28.3. The van der Waals surface area contributed by atoms with E-state index in [9.17, 15) is 14.4 Å². The van der Waals surface area contributed by atoms with Crippen LogP contribution in [0.3, 0.4) is 0 Å². The first-order valence-corrected chi connectivity index (χ1v) is 13.6. The zero-order chi connectivity index (χ0) is 25.9. The number of carbonyl (C=O) groups excluding carboxylic acids is 3. The molecular formula is C28H44N4O4. The quantitative estimate of drug-likeness (QED) is 0.432. The summed E-state index contributed by atoms with van der Waals surface area (Å²) in [7, 11) is 0. The van der Waals surface area contributed by atoms with Gasteiger partial charge in [-0.25, -0.2) is 0 Å². The van der Waals surface area contributed by atoms with E-state index in [-0.39, 0.29) is 35.7 Å². The summed E-state index contributed by atoms with van der Waals surface area (Å²) in [6.45, 7) is 12.0. The number of rotatable bonds is 13. The van der Waals surface area contributed by atoms with Crippen molar-refractivity contribution in [2.75, 3.05) is 44.6 Å². The van der Waals surface area contributed by atoms with Gasteiger partial charge in [0.25, 0.3) is 0 Å². The van der Waals surface area contributed by atoms with E-state index in [2.05, 4.69) is 32.6 Å². The number of hydrogen-bond acceptors (Lipinski definition) is 6. The van der Waals surface area contributed by atoms with Gasteiger partial charge in [0.05, 0.1) is 12.2 Å². The highest BCUT2D eigenvalue weighted by Crippen LogP contribution is 2.21. The standard InChI is InChI=1S/C28H44N4O4/c1-4-21(2)27(34)6-5-7-28(35)29-18-25-12-13-26(36-25)20-32-16-14-31(15-17-32)19-23-8-10-24(11-9-23)30-22(3)33/h8-11,21,25-26H,4-7,12-20H2,1-3H3,(H,29,35)(H,30,33). The number of ether oxygens (including phenoxy) is 1. The highest BCUT2D eigenvalue weighted by atomic mass is 16.5. The van der Waals surface area contributed by atoms with Crippen LogP contribution >= 0.6 is 0 Å². The monoisotopic (exact) mass is 500 g/mol. The molecule has 0 aromatic heterocycles. The van der Waals surface area contributed by atoms with Crippen molar-refractivity contribution in [2.24, 2.45) is 5.92 Å². The van der Waals surface area contributed by atoms with E-state index >= 15 is 0 Å². The molecular weight excluding hydrogens is 456 g/mol. The van der Waals surface area contributed by atoms with Crippen molar-refractivity contribution in [2.45, 2.75) is 78.0 Å². The molecule has 2 aliphatic heterocycles. The molecule has 3 atom stereocenters. The van der Waals surface area contributed by atoms with Crippen molar-refractivity contribution < 1.29 is 19.1 Å². The van der Waals surface area contributed by atoms with Gasteiger partial charge in [0.2, 0.25) is 11.8 Å². The van der Waals surface area contributed by atoms with Gasteiger partial charge in [0, 0.05) is 77.2 Å². The van der Waals surface area contributed by atoms with Crippen LogP contribution in [-0.4, -0.2) is 78.9 Å². The van der Waals surface area contributed by atoms with Gasteiger partial charge in [-0.2, -0.15) is 0 Å². The molecule has 2 fully saturated rings.